The molecule has 1 aliphatic rings. The van der Waals surface area contributed by atoms with Crippen LogP contribution in [0.5, 0.6) is 0 Å². The number of aromatic nitrogens is 1. The highest BCUT2D eigenvalue weighted by molar-refractivity contribution is 5.94. The Kier molecular flexibility index (Phi) is 6.28. The number of carboxylic acid groups (broad SMARTS) is 1. The molecule has 0 spiro atoms. The van der Waals surface area contributed by atoms with Crippen molar-refractivity contribution in [1.29, 1.82) is 0 Å². The first kappa shape index (κ1) is 17.9. The summed E-state index contributed by atoms with van der Waals surface area (Å²) < 4.78 is 0. The second-order valence-corrected chi connectivity index (χ2v) is 6.03. The number of carbonyl (C=O) groups is 3. The predicted molar refractivity (Wildman–Crippen MR) is 87.7 cm³/mol. The van der Waals surface area contributed by atoms with Gasteiger partial charge in [0.05, 0.1) is 0 Å². The van der Waals surface area contributed by atoms with Gasteiger partial charge in [-0.15, -0.1) is 0 Å². The Morgan fingerprint density at radius 2 is 2.08 bits per heavy atom. The number of hydrogen-bond acceptors (Lipinski definition) is 4. The lowest BCUT2D eigenvalue weighted by atomic mass is 9.97. The minimum Gasteiger partial charge on any atom is -0.477 e. The number of hydrogen-bond donors (Lipinski definition) is 2. The molecule has 2 amide bonds. The summed E-state index contributed by atoms with van der Waals surface area (Å²) in [6.07, 6.45) is 3.14. The molecule has 0 aromatic carbocycles. The van der Waals surface area contributed by atoms with Gasteiger partial charge in [0.25, 0.3) is 5.91 Å². The van der Waals surface area contributed by atoms with Crippen LogP contribution in [0.2, 0.25) is 0 Å². The molecular formula is C17H23N3O4. The van der Waals surface area contributed by atoms with Crippen molar-refractivity contribution in [2.24, 2.45) is 5.92 Å². The van der Waals surface area contributed by atoms with E-state index in [2.05, 4.69) is 10.3 Å². The Hall–Kier alpha value is -2.44. The van der Waals surface area contributed by atoms with Crippen molar-refractivity contribution < 1.29 is 19.5 Å². The average molecular weight is 333 g/mol. The Morgan fingerprint density at radius 1 is 1.33 bits per heavy atom. The molecule has 1 aromatic heterocycles. The number of likely N-dealkylation sites (tertiary alicyclic amines) is 1. The Bertz CT molecular complexity index is 618. The number of pyridine rings is 1. The topological polar surface area (TPSA) is 99.6 Å². The van der Waals surface area contributed by atoms with E-state index in [1.54, 1.807) is 4.90 Å². The van der Waals surface area contributed by atoms with Gasteiger partial charge in [-0.2, -0.15) is 0 Å². The van der Waals surface area contributed by atoms with Gasteiger partial charge < -0.3 is 15.3 Å². The van der Waals surface area contributed by atoms with Crippen LogP contribution < -0.4 is 5.32 Å². The maximum atomic E-state index is 12.5. The predicted octanol–water partition coefficient (Wildman–Crippen LogP) is 1.55. The summed E-state index contributed by atoms with van der Waals surface area (Å²) in [5.74, 6) is -1.16. The van der Waals surface area contributed by atoms with Crippen molar-refractivity contribution in [2.75, 3.05) is 19.6 Å². The lowest BCUT2D eigenvalue weighted by Crippen LogP contribution is -2.44. The lowest BCUT2D eigenvalue weighted by Gasteiger charge is -2.32. The molecule has 1 unspecified atom stereocenters. The summed E-state index contributed by atoms with van der Waals surface area (Å²) in [4.78, 5) is 40.7. The number of nitrogens with one attached hydrogen (secondary N) is 1. The second-order valence-electron chi connectivity index (χ2n) is 6.03. The highest BCUT2D eigenvalue weighted by atomic mass is 16.4. The SMILES string of the molecule is CCCC(=O)NCC1CCCN(C(=O)c2cccc(C(=O)O)n2)C1. The number of aromatic carboxylic acids is 1. The molecule has 2 heterocycles. The molecule has 24 heavy (non-hydrogen) atoms. The standard InChI is InChI=1S/C17H23N3O4/c1-2-5-15(21)18-10-12-6-4-9-20(11-12)16(22)13-7-3-8-14(19-13)17(23)24/h3,7-8,12H,2,4-6,9-11H2,1H3,(H,18,21)(H,23,24). The van der Waals surface area contributed by atoms with Crippen LogP contribution in [0, 0.1) is 5.92 Å². The van der Waals surface area contributed by atoms with Gasteiger partial charge in [0.1, 0.15) is 11.4 Å². The van der Waals surface area contributed by atoms with Crippen molar-refractivity contribution in [3.05, 3.63) is 29.6 Å². The van der Waals surface area contributed by atoms with E-state index in [4.69, 9.17) is 5.11 Å². The number of nitrogens with zero attached hydrogens (tertiary/aromatic N) is 2. The van der Waals surface area contributed by atoms with Gasteiger partial charge >= 0.3 is 5.97 Å². The van der Waals surface area contributed by atoms with Gasteiger partial charge in [0.2, 0.25) is 5.91 Å². The maximum Gasteiger partial charge on any atom is 0.354 e. The minimum atomic E-state index is -1.15. The zero-order valence-corrected chi connectivity index (χ0v) is 13.8. The highest BCUT2D eigenvalue weighted by Gasteiger charge is 2.25. The first-order valence-corrected chi connectivity index (χ1v) is 8.27. The van der Waals surface area contributed by atoms with Crippen LogP contribution in [0.25, 0.3) is 0 Å². The molecule has 0 aliphatic carbocycles. The molecule has 0 saturated carbocycles. The summed E-state index contributed by atoms with van der Waals surface area (Å²) in [6, 6.07) is 4.42. The first-order valence-electron chi connectivity index (χ1n) is 8.27. The monoisotopic (exact) mass is 333 g/mol. The van der Waals surface area contributed by atoms with Gasteiger partial charge in [0.15, 0.2) is 0 Å². The van der Waals surface area contributed by atoms with Crippen molar-refractivity contribution in [2.45, 2.75) is 32.6 Å². The van der Waals surface area contributed by atoms with E-state index in [1.165, 1.54) is 18.2 Å². The number of piperidine rings is 1. The minimum absolute atomic E-state index is 0.0387. The smallest absolute Gasteiger partial charge is 0.354 e. The van der Waals surface area contributed by atoms with E-state index in [0.717, 1.165) is 19.3 Å². The summed E-state index contributed by atoms with van der Waals surface area (Å²) >= 11 is 0. The van der Waals surface area contributed by atoms with Crippen LogP contribution in [0.4, 0.5) is 0 Å². The summed E-state index contributed by atoms with van der Waals surface area (Å²) in [5, 5.41) is 11.9. The normalized spacial score (nSPS) is 17.4. The van der Waals surface area contributed by atoms with Crippen molar-refractivity contribution in [1.82, 2.24) is 15.2 Å². The van der Waals surface area contributed by atoms with Crippen molar-refractivity contribution >= 4 is 17.8 Å². The van der Waals surface area contributed by atoms with E-state index in [1.807, 2.05) is 6.92 Å². The van der Waals surface area contributed by atoms with Crippen LogP contribution in [0.1, 0.15) is 53.6 Å². The number of carbonyl (C=O) groups excluding carboxylic acids is 2. The lowest BCUT2D eigenvalue weighted by molar-refractivity contribution is -0.121. The van der Waals surface area contributed by atoms with Gasteiger partial charge in [-0.05, 0) is 37.3 Å². The molecule has 0 radical (unpaired) electrons. The average Bonchev–Trinajstić information content (AvgIpc) is 2.60. The Labute approximate surface area is 141 Å². The zero-order valence-electron chi connectivity index (χ0n) is 13.8. The third-order valence-corrected chi connectivity index (χ3v) is 4.06. The maximum absolute atomic E-state index is 12.5. The van der Waals surface area contributed by atoms with Crippen LogP contribution in [0.3, 0.4) is 0 Å². The van der Waals surface area contributed by atoms with E-state index < -0.39 is 5.97 Å². The number of carboxylic acids is 1. The quantitative estimate of drug-likeness (QED) is 0.823. The van der Waals surface area contributed by atoms with Crippen molar-refractivity contribution in [3.63, 3.8) is 0 Å². The third kappa shape index (κ3) is 4.78. The Morgan fingerprint density at radius 3 is 2.79 bits per heavy atom. The van der Waals surface area contributed by atoms with Crippen LogP contribution >= 0.6 is 0 Å². The fourth-order valence-electron chi connectivity index (χ4n) is 2.82. The molecule has 130 valence electrons. The fourth-order valence-corrected chi connectivity index (χ4v) is 2.82. The molecule has 0 bridgehead atoms. The van der Waals surface area contributed by atoms with E-state index in [-0.39, 0.29) is 29.1 Å². The van der Waals surface area contributed by atoms with E-state index >= 15 is 0 Å². The molecule has 1 atom stereocenters. The van der Waals surface area contributed by atoms with Gasteiger partial charge in [-0.3, -0.25) is 9.59 Å². The second kappa shape index (κ2) is 8.42. The van der Waals surface area contributed by atoms with Gasteiger partial charge in [0, 0.05) is 26.1 Å². The number of amides is 2. The molecule has 2 rings (SSSR count). The summed E-state index contributed by atoms with van der Waals surface area (Å²) in [7, 11) is 0. The zero-order chi connectivity index (χ0) is 17.5. The fraction of sp³-hybridized carbons (Fsp3) is 0.529. The third-order valence-electron chi connectivity index (χ3n) is 4.06. The molecule has 7 nitrogen and oxygen atoms in total. The Balaban J connectivity index is 1.96. The largest absolute Gasteiger partial charge is 0.477 e. The van der Waals surface area contributed by atoms with Gasteiger partial charge in [-0.1, -0.05) is 13.0 Å². The molecule has 1 aliphatic heterocycles. The molecule has 1 saturated heterocycles. The van der Waals surface area contributed by atoms with Crippen LogP contribution in [0.15, 0.2) is 18.2 Å². The van der Waals surface area contributed by atoms with Crippen molar-refractivity contribution in [3.8, 4) is 0 Å². The van der Waals surface area contributed by atoms with Gasteiger partial charge in [-0.25, -0.2) is 9.78 Å². The molecule has 1 fully saturated rings. The van der Waals surface area contributed by atoms with Crippen LogP contribution in [-0.2, 0) is 4.79 Å². The molecule has 7 heteroatoms. The summed E-state index contributed by atoms with van der Waals surface area (Å²) in [6.45, 7) is 3.69. The highest BCUT2D eigenvalue weighted by Crippen LogP contribution is 2.18. The van der Waals surface area contributed by atoms with E-state index in [0.29, 0.717) is 26.1 Å². The van der Waals surface area contributed by atoms with Crippen LogP contribution in [-0.4, -0.2) is 52.4 Å². The number of rotatable bonds is 6. The molecule has 1 aromatic rings. The van der Waals surface area contributed by atoms with E-state index in [9.17, 15) is 14.4 Å². The molecule has 2 N–H and O–H groups in total. The summed E-state index contributed by atoms with van der Waals surface area (Å²) in [5.41, 5.74) is 0.00630. The first-order chi connectivity index (χ1) is 11.5. The molecular weight excluding hydrogens is 310 g/mol.